The number of hydrogen-bond acceptors (Lipinski definition) is 9. The molecule has 0 unspecified atom stereocenters. The average Bonchev–Trinajstić information content (AvgIpc) is 3.13. The number of phosphoric ester groups is 1. The number of rotatable bonds is 9. The zero-order valence-corrected chi connectivity index (χ0v) is 25.8. The molecule has 1 aliphatic heterocycles. The van der Waals surface area contributed by atoms with E-state index in [9.17, 15) is 18.9 Å². The van der Waals surface area contributed by atoms with E-state index in [1.807, 2.05) is 0 Å². The number of nitrogens with zero attached hydrogens (tertiary/aromatic N) is 1. The second kappa shape index (κ2) is 13.2. The van der Waals surface area contributed by atoms with Crippen LogP contribution in [0.4, 0.5) is 0 Å². The lowest BCUT2D eigenvalue weighted by Crippen LogP contribution is -2.35. The number of esters is 1. The first kappa shape index (κ1) is 34.0. The van der Waals surface area contributed by atoms with Gasteiger partial charge < -0.3 is 9.47 Å². The minimum absolute atomic E-state index is 0.180. The van der Waals surface area contributed by atoms with E-state index in [0.29, 0.717) is 0 Å². The van der Waals surface area contributed by atoms with E-state index in [4.69, 9.17) is 127 Å². The summed E-state index contributed by atoms with van der Waals surface area (Å²) in [5, 5.41) is 0. The minimum Gasteiger partial charge on any atom is -0.456 e. The number of hydrogen-bond donors (Lipinski definition) is 1. The predicted molar refractivity (Wildman–Crippen MR) is 141 cm³/mol. The van der Waals surface area contributed by atoms with Crippen molar-refractivity contribution >= 4 is 118 Å². The number of ether oxygens (including phenoxy) is 2. The number of aromatic amines is 1. The van der Waals surface area contributed by atoms with E-state index in [1.54, 1.807) is 0 Å². The molecule has 11 nitrogen and oxygen atoms in total. The number of carbonyl (C=O) groups excluding carboxylic acids is 1. The zero-order chi connectivity index (χ0) is 28.4. The second-order valence-electron chi connectivity index (χ2n) is 7.31. The third-order valence-corrected chi connectivity index (χ3v) is 6.77. The van der Waals surface area contributed by atoms with Gasteiger partial charge in [-0.05, 0) is 6.92 Å². The second-order valence-corrected chi connectivity index (χ2v) is 16.3. The molecule has 0 aliphatic carbocycles. The highest BCUT2D eigenvalue weighted by molar-refractivity contribution is 7.48. The van der Waals surface area contributed by atoms with E-state index in [1.165, 1.54) is 13.1 Å². The van der Waals surface area contributed by atoms with Crippen molar-refractivity contribution in [3.05, 3.63) is 32.6 Å². The number of aromatic nitrogens is 2. The summed E-state index contributed by atoms with van der Waals surface area (Å²) in [4.78, 5) is 38.3. The molecule has 1 saturated heterocycles. The van der Waals surface area contributed by atoms with Crippen LogP contribution in [0.1, 0.15) is 18.2 Å². The van der Waals surface area contributed by atoms with Crippen molar-refractivity contribution in [1.29, 1.82) is 0 Å². The Labute approximate surface area is 254 Å². The van der Waals surface area contributed by atoms with Crippen LogP contribution >= 0.6 is 112 Å². The molecule has 0 radical (unpaired) electrons. The van der Waals surface area contributed by atoms with Gasteiger partial charge in [0.2, 0.25) is 7.59 Å². The first-order valence-electron chi connectivity index (χ1n) is 9.61. The van der Waals surface area contributed by atoms with Crippen molar-refractivity contribution in [3.63, 3.8) is 0 Å². The highest BCUT2D eigenvalue weighted by Crippen LogP contribution is 2.53. The Bertz CT molecular complexity index is 1110. The molecule has 212 valence electrons. The molecule has 0 amide bonds. The highest BCUT2D eigenvalue weighted by Gasteiger charge is 2.45. The van der Waals surface area contributed by atoms with E-state index in [2.05, 4.69) is 4.98 Å². The van der Waals surface area contributed by atoms with Crippen LogP contribution in [0.2, 0.25) is 0 Å². The van der Waals surface area contributed by atoms with E-state index >= 15 is 0 Å². The molecule has 37 heavy (non-hydrogen) atoms. The number of alkyl halides is 9. The first-order valence-corrected chi connectivity index (χ1v) is 14.5. The number of aryl methyl sites for hydroxylation is 1. The smallest absolute Gasteiger partial charge is 0.456 e. The summed E-state index contributed by atoms with van der Waals surface area (Å²) in [7, 11) is -4.59. The van der Waals surface area contributed by atoms with Crippen molar-refractivity contribution in [1.82, 2.24) is 9.55 Å². The van der Waals surface area contributed by atoms with Crippen molar-refractivity contribution in [3.8, 4) is 0 Å². The van der Waals surface area contributed by atoms with Crippen LogP contribution in [0, 0.1) is 6.92 Å². The molecule has 0 bridgehead atoms. The Kier molecular flexibility index (Phi) is 12.1. The fourth-order valence-corrected chi connectivity index (χ4v) is 4.90. The maximum Gasteiger partial charge on any atom is 0.475 e. The number of halogens is 9. The van der Waals surface area contributed by atoms with Gasteiger partial charge in [-0.3, -0.25) is 27.9 Å². The molecule has 2 heterocycles. The molecular weight excluding hydrogens is 714 g/mol. The largest absolute Gasteiger partial charge is 0.475 e. The molecule has 1 aliphatic rings. The molecular formula is C16H16Cl9N2O9P. The molecule has 1 aromatic heterocycles. The summed E-state index contributed by atoms with van der Waals surface area (Å²) in [6, 6.07) is 0. The molecule has 0 spiro atoms. The third kappa shape index (κ3) is 11.3. The van der Waals surface area contributed by atoms with Gasteiger partial charge in [-0.1, -0.05) is 104 Å². The number of carbonyl (C=O) groups is 1. The maximum atomic E-state index is 13.1. The van der Waals surface area contributed by atoms with Crippen LogP contribution in [-0.2, 0) is 32.4 Å². The Balaban J connectivity index is 2.29. The number of H-pyrrole nitrogens is 1. The van der Waals surface area contributed by atoms with Gasteiger partial charge in [0.25, 0.3) is 9.35 Å². The average molecular weight is 730 g/mol. The Morgan fingerprint density at radius 1 is 1.05 bits per heavy atom. The van der Waals surface area contributed by atoms with Crippen LogP contribution in [0.25, 0.3) is 0 Å². The van der Waals surface area contributed by atoms with E-state index in [-0.39, 0.29) is 12.0 Å². The van der Waals surface area contributed by atoms with Crippen LogP contribution in [0.5, 0.6) is 0 Å². The number of nitrogens with one attached hydrogen (secondary N) is 1. The fraction of sp³-hybridized carbons (Fsp3) is 0.688. The van der Waals surface area contributed by atoms with Gasteiger partial charge in [0.05, 0.1) is 6.61 Å². The van der Waals surface area contributed by atoms with Gasteiger partial charge in [-0.2, -0.15) is 0 Å². The van der Waals surface area contributed by atoms with Crippen LogP contribution < -0.4 is 11.2 Å². The maximum absolute atomic E-state index is 13.1. The van der Waals surface area contributed by atoms with Gasteiger partial charge in [-0.25, -0.2) is 14.2 Å². The Hall–Kier alpha value is 0.830. The SMILES string of the molecule is Cc1cn([C@H]2C[C@H](OC(=O)C(Cl)(Cl)Cl)[C@@H](COP(=O)(OCC(Cl)(Cl)Cl)OCC(Cl)(Cl)Cl)O2)c(=O)[nH]c1=O. The van der Waals surface area contributed by atoms with E-state index in [0.717, 1.165) is 4.57 Å². The Morgan fingerprint density at radius 3 is 2.08 bits per heavy atom. The van der Waals surface area contributed by atoms with Crippen molar-refractivity contribution in [2.75, 3.05) is 19.8 Å². The zero-order valence-electron chi connectivity index (χ0n) is 18.1. The van der Waals surface area contributed by atoms with Crippen molar-refractivity contribution in [2.45, 2.75) is 43.2 Å². The lowest BCUT2D eigenvalue weighted by Gasteiger charge is -2.25. The molecule has 21 heteroatoms. The molecule has 1 N–H and O–H groups in total. The van der Waals surface area contributed by atoms with Gasteiger partial charge in [-0.15, -0.1) is 0 Å². The lowest BCUT2D eigenvalue weighted by molar-refractivity contribution is -0.151. The summed E-state index contributed by atoms with van der Waals surface area (Å²) < 4.78 is 33.8. The van der Waals surface area contributed by atoms with Gasteiger partial charge >= 0.3 is 19.5 Å². The summed E-state index contributed by atoms with van der Waals surface area (Å²) in [5.41, 5.74) is -1.25. The molecule has 3 atom stereocenters. The quantitative estimate of drug-likeness (QED) is 0.204. The fourth-order valence-electron chi connectivity index (χ4n) is 2.73. The normalized spacial score (nSPS) is 21.3. The molecule has 2 rings (SSSR count). The topological polar surface area (TPSA) is 135 Å². The van der Waals surface area contributed by atoms with Crippen LogP contribution in [0.3, 0.4) is 0 Å². The van der Waals surface area contributed by atoms with Crippen molar-refractivity contribution < 1.29 is 32.4 Å². The summed E-state index contributed by atoms with van der Waals surface area (Å²) in [6.07, 6.45) is -2.53. The van der Waals surface area contributed by atoms with E-state index < -0.39 is 74.7 Å². The minimum atomic E-state index is -4.59. The Morgan fingerprint density at radius 2 is 1.59 bits per heavy atom. The lowest BCUT2D eigenvalue weighted by atomic mass is 10.2. The first-order chi connectivity index (χ1) is 16.7. The third-order valence-electron chi connectivity index (χ3n) is 4.30. The van der Waals surface area contributed by atoms with Crippen molar-refractivity contribution in [2.24, 2.45) is 0 Å². The summed E-state index contributed by atoms with van der Waals surface area (Å²) >= 11 is 50.5. The molecule has 1 aromatic rings. The highest BCUT2D eigenvalue weighted by atomic mass is 35.6. The van der Waals surface area contributed by atoms with Crippen LogP contribution in [-0.4, -0.2) is 58.9 Å². The van der Waals surface area contributed by atoms with Gasteiger partial charge in [0, 0.05) is 18.2 Å². The molecule has 0 saturated carbocycles. The number of phosphoric acid groups is 1. The summed E-state index contributed by atoms with van der Waals surface area (Å²) in [6.45, 7) is -0.741. The predicted octanol–water partition coefficient (Wildman–Crippen LogP) is 5.31. The molecule has 0 aromatic carbocycles. The standard InChI is InChI=1S/C16H16Cl9N2O9P/c1-7-3-27(13(30)26-11(7)28)10-2-8(36-12(29)16(23,24)25)9(35-10)4-32-37(31,33-5-14(17,18)19)34-6-15(20,21)22/h3,8-10H,2,4-6H2,1H3,(H,26,28,30)/t8-,9+,10+/m0/s1. The van der Waals surface area contributed by atoms with Crippen LogP contribution in [0.15, 0.2) is 15.8 Å². The van der Waals surface area contributed by atoms with Gasteiger partial charge in [0.1, 0.15) is 31.6 Å². The summed E-state index contributed by atoms with van der Waals surface area (Å²) in [5.74, 6) is -1.27. The monoisotopic (exact) mass is 726 g/mol. The molecule has 1 fully saturated rings. The van der Waals surface area contributed by atoms with Gasteiger partial charge in [0.15, 0.2) is 0 Å².